The molecule has 1 N–H and O–H groups in total. The predicted molar refractivity (Wildman–Crippen MR) is 102 cm³/mol. The predicted octanol–water partition coefficient (Wildman–Crippen LogP) is 2.64. The first kappa shape index (κ1) is 17.9. The molecule has 3 rings (SSSR count). The molecule has 134 valence electrons. The lowest BCUT2D eigenvalue weighted by Gasteiger charge is -2.36. The Kier molecular flexibility index (Phi) is 6.09. The van der Waals surface area contributed by atoms with Crippen molar-refractivity contribution in [2.45, 2.75) is 20.0 Å². The summed E-state index contributed by atoms with van der Waals surface area (Å²) in [5.41, 5.74) is 2.24. The molecule has 0 amide bonds. The van der Waals surface area contributed by atoms with Crippen LogP contribution in [0.2, 0.25) is 0 Å². The van der Waals surface area contributed by atoms with Gasteiger partial charge in [-0.1, -0.05) is 33.2 Å². The molecular weight excluding hydrogens is 382 g/mol. The molecule has 0 saturated carbocycles. The van der Waals surface area contributed by atoms with Gasteiger partial charge in [-0.15, -0.1) is 0 Å². The molecule has 2 heterocycles. The SMILES string of the molecule is CN=C(NCc1ccc(Br)cc1)N1CCN(Cc2cc(C)on2)CC1. The maximum absolute atomic E-state index is 5.14. The van der Waals surface area contributed by atoms with Crippen molar-refractivity contribution in [3.8, 4) is 0 Å². The topological polar surface area (TPSA) is 56.9 Å². The molecule has 1 saturated heterocycles. The van der Waals surface area contributed by atoms with E-state index in [1.165, 1.54) is 5.56 Å². The molecule has 6 nitrogen and oxygen atoms in total. The van der Waals surface area contributed by atoms with Crippen LogP contribution in [0.5, 0.6) is 0 Å². The van der Waals surface area contributed by atoms with Crippen molar-refractivity contribution in [1.29, 1.82) is 0 Å². The van der Waals surface area contributed by atoms with Crippen molar-refractivity contribution in [2.75, 3.05) is 33.2 Å². The molecule has 0 spiro atoms. The molecule has 1 aromatic carbocycles. The monoisotopic (exact) mass is 405 g/mol. The van der Waals surface area contributed by atoms with Gasteiger partial charge < -0.3 is 14.7 Å². The smallest absolute Gasteiger partial charge is 0.194 e. The Balaban J connectivity index is 1.47. The number of hydrogen-bond donors (Lipinski definition) is 1. The highest BCUT2D eigenvalue weighted by molar-refractivity contribution is 9.10. The molecule has 0 unspecified atom stereocenters. The number of nitrogens with zero attached hydrogens (tertiary/aromatic N) is 4. The summed E-state index contributed by atoms with van der Waals surface area (Å²) in [5.74, 6) is 1.83. The van der Waals surface area contributed by atoms with Gasteiger partial charge >= 0.3 is 0 Å². The Morgan fingerprint density at radius 2 is 1.96 bits per heavy atom. The van der Waals surface area contributed by atoms with E-state index in [4.69, 9.17) is 4.52 Å². The molecule has 0 bridgehead atoms. The number of aromatic nitrogens is 1. The molecule has 7 heteroatoms. The van der Waals surface area contributed by atoms with Crippen LogP contribution in [0.3, 0.4) is 0 Å². The summed E-state index contributed by atoms with van der Waals surface area (Å²) in [6, 6.07) is 10.4. The second-order valence-corrected chi connectivity index (χ2v) is 7.14. The maximum Gasteiger partial charge on any atom is 0.194 e. The Morgan fingerprint density at radius 3 is 2.56 bits per heavy atom. The fraction of sp³-hybridized carbons (Fsp3) is 0.444. The number of hydrogen-bond acceptors (Lipinski definition) is 4. The Labute approximate surface area is 157 Å². The Hall–Kier alpha value is -1.86. The third-order valence-corrected chi connectivity index (χ3v) is 4.84. The van der Waals surface area contributed by atoms with Crippen molar-refractivity contribution in [1.82, 2.24) is 20.3 Å². The second-order valence-electron chi connectivity index (χ2n) is 6.22. The van der Waals surface area contributed by atoms with E-state index in [1.807, 2.05) is 20.0 Å². The van der Waals surface area contributed by atoms with Crippen LogP contribution in [-0.4, -0.2) is 54.1 Å². The molecule has 2 aromatic rings. The minimum absolute atomic E-state index is 0.776. The van der Waals surface area contributed by atoms with Crippen molar-refractivity contribution in [3.63, 3.8) is 0 Å². The van der Waals surface area contributed by atoms with Crippen LogP contribution in [0.4, 0.5) is 0 Å². The van der Waals surface area contributed by atoms with Gasteiger partial charge in [-0.05, 0) is 24.6 Å². The number of benzene rings is 1. The largest absolute Gasteiger partial charge is 0.361 e. The van der Waals surface area contributed by atoms with Gasteiger partial charge in [-0.2, -0.15) is 0 Å². The summed E-state index contributed by atoms with van der Waals surface area (Å²) >= 11 is 3.46. The third kappa shape index (κ3) is 5.06. The van der Waals surface area contributed by atoms with Gasteiger partial charge in [0.05, 0.1) is 5.69 Å². The van der Waals surface area contributed by atoms with Gasteiger partial charge in [0.15, 0.2) is 5.96 Å². The van der Waals surface area contributed by atoms with Gasteiger partial charge in [0.25, 0.3) is 0 Å². The van der Waals surface area contributed by atoms with E-state index in [2.05, 4.69) is 65.5 Å². The molecule has 25 heavy (non-hydrogen) atoms. The van der Waals surface area contributed by atoms with Gasteiger partial charge in [0.1, 0.15) is 5.76 Å². The van der Waals surface area contributed by atoms with E-state index >= 15 is 0 Å². The standard InChI is InChI=1S/C18H24BrN5O/c1-14-11-17(22-25-14)13-23-7-9-24(10-8-23)18(20-2)21-12-15-3-5-16(19)6-4-15/h3-6,11H,7-10,12-13H2,1-2H3,(H,20,21). The number of rotatable bonds is 4. The summed E-state index contributed by atoms with van der Waals surface area (Å²) in [6.07, 6.45) is 0. The van der Waals surface area contributed by atoms with Crippen molar-refractivity contribution < 1.29 is 4.52 Å². The zero-order chi connectivity index (χ0) is 17.6. The van der Waals surface area contributed by atoms with E-state index in [0.717, 1.165) is 61.2 Å². The highest BCUT2D eigenvalue weighted by Crippen LogP contribution is 2.11. The van der Waals surface area contributed by atoms with Gasteiger partial charge in [0, 0.05) is 56.9 Å². The highest BCUT2D eigenvalue weighted by atomic mass is 79.9. The van der Waals surface area contributed by atoms with E-state index in [0.29, 0.717) is 0 Å². The van der Waals surface area contributed by atoms with E-state index < -0.39 is 0 Å². The van der Waals surface area contributed by atoms with Crippen LogP contribution in [-0.2, 0) is 13.1 Å². The Bertz CT molecular complexity index is 705. The fourth-order valence-electron chi connectivity index (χ4n) is 2.96. The van der Waals surface area contributed by atoms with Crippen LogP contribution in [0.25, 0.3) is 0 Å². The van der Waals surface area contributed by atoms with Crippen molar-refractivity contribution in [2.24, 2.45) is 4.99 Å². The van der Waals surface area contributed by atoms with Gasteiger partial charge in [0.2, 0.25) is 0 Å². The molecule has 1 fully saturated rings. The van der Waals surface area contributed by atoms with Crippen LogP contribution in [0.1, 0.15) is 17.0 Å². The zero-order valence-corrected chi connectivity index (χ0v) is 16.3. The lowest BCUT2D eigenvalue weighted by molar-refractivity contribution is 0.169. The van der Waals surface area contributed by atoms with Crippen molar-refractivity contribution in [3.05, 3.63) is 51.8 Å². The van der Waals surface area contributed by atoms with E-state index in [9.17, 15) is 0 Å². The first-order valence-electron chi connectivity index (χ1n) is 8.48. The molecule has 1 aliphatic heterocycles. The molecular formula is C18H24BrN5O. The minimum atomic E-state index is 0.776. The minimum Gasteiger partial charge on any atom is -0.361 e. The van der Waals surface area contributed by atoms with Gasteiger partial charge in [-0.25, -0.2) is 0 Å². The normalized spacial score (nSPS) is 16.3. The Morgan fingerprint density at radius 1 is 1.24 bits per heavy atom. The lowest BCUT2D eigenvalue weighted by atomic mass is 10.2. The summed E-state index contributed by atoms with van der Waals surface area (Å²) in [5, 5.41) is 7.54. The lowest BCUT2D eigenvalue weighted by Crippen LogP contribution is -2.52. The van der Waals surface area contributed by atoms with Crippen LogP contribution in [0.15, 0.2) is 44.3 Å². The molecule has 0 atom stereocenters. The van der Waals surface area contributed by atoms with Gasteiger partial charge in [-0.3, -0.25) is 9.89 Å². The average Bonchev–Trinajstić information content (AvgIpc) is 3.03. The summed E-state index contributed by atoms with van der Waals surface area (Å²) in [4.78, 5) is 9.14. The van der Waals surface area contributed by atoms with E-state index in [-0.39, 0.29) is 0 Å². The number of piperazine rings is 1. The highest BCUT2D eigenvalue weighted by Gasteiger charge is 2.20. The quantitative estimate of drug-likeness (QED) is 0.625. The summed E-state index contributed by atoms with van der Waals surface area (Å²) in [6.45, 7) is 7.44. The molecule has 0 aliphatic carbocycles. The first-order chi connectivity index (χ1) is 12.1. The summed E-state index contributed by atoms with van der Waals surface area (Å²) < 4.78 is 6.24. The average molecular weight is 406 g/mol. The van der Waals surface area contributed by atoms with Crippen LogP contribution in [0, 0.1) is 6.92 Å². The molecule has 1 aromatic heterocycles. The van der Waals surface area contributed by atoms with E-state index in [1.54, 1.807) is 0 Å². The van der Waals surface area contributed by atoms with Crippen LogP contribution >= 0.6 is 15.9 Å². The number of guanidine groups is 1. The number of aliphatic imine (C=N–C) groups is 1. The van der Waals surface area contributed by atoms with Crippen LogP contribution < -0.4 is 5.32 Å². The number of aryl methyl sites for hydroxylation is 1. The second kappa shape index (κ2) is 8.49. The fourth-order valence-corrected chi connectivity index (χ4v) is 3.22. The molecule has 0 radical (unpaired) electrons. The summed E-state index contributed by atoms with van der Waals surface area (Å²) in [7, 11) is 1.84. The van der Waals surface area contributed by atoms with Crippen molar-refractivity contribution >= 4 is 21.9 Å². The maximum atomic E-state index is 5.14. The third-order valence-electron chi connectivity index (χ3n) is 4.31. The number of halogens is 1. The first-order valence-corrected chi connectivity index (χ1v) is 9.28. The number of nitrogens with one attached hydrogen (secondary N) is 1. The molecule has 1 aliphatic rings. The zero-order valence-electron chi connectivity index (χ0n) is 14.7.